The minimum absolute atomic E-state index is 0.0417. The van der Waals surface area contributed by atoms with Gasteiger partial charge in [0.15, 0.2) is 0 Å². The van der Waals surface area contributed by atoms with Gasteiger partial charge in [-0.25, -0.2) is 0 Å². The van der Waals surface area contributed by atoms with Gasteiger partial charge in [-0.15, -0.1) is 0 Å². The molecule has 1 aliphatic rings. The lowest BCUT2D eigenvalue weighted by atomic mass is 10.3. The Labute approximate surface area is 132 Å². The van der Waals surface area contributed by atoms with Crippen LogP contribution in [0.25, 0.3) is 0 Å². The van der Waals surface area contributed by atoms with Gasteiger partial charge in [0, 0.05) is 38.3 Å². The molecule has 2 rings (SSSR count). The number of benzene rings is 1. The standard InChI is InChI=1S/C17H25N3O2/c1-2-19(15-8-4-3-5-9-15)14-16(21)18-11-10-17(22)20-12-6-7-13-20/h3-5,8-9H,2,6-7,10-14H2,1H3,(H,18,21). The second-order valence-corrected chi connectivity index (χ2v) is 5.54. The summed E-state index contributed by atoms with van der Waals surface area (Å²) in [7, 11) is 0. The van der Waals surface area contributed by atoms with Crippen molar-refractivity contribution in [2.75, 3.05) is 37.6 Å². The Morgan fingerprint density at radius 1 is 1.18 bits per heavy atom. The summed E-state index contributed by atoms with van der Waals surface area (Å²) >= 11 is 0. The van der Waals surface area contributed by atoms with Crippen LogP contribution in [0.5, 0.6) is 0 Å². The van der Waals surface area contributed by atoms with E-state index in [0.29, 0.717) is 19.5 Å². The van der Waals surface area contributed by atoms with Crippen molar-refractivity contribution in [2.45, 2.75) is 26.2 Å². The smallest absolute Gasteiger partial charge is 0.239 e. The van der Waals surface area contributed by atoms with E-state index in [2.05, 4.69) is 5.32 Å². The van der Waals surface area contributed by atoms with Crippen LogP contribution in [0, 0.1) is 0 Å². The van der Waals surface area contributed by atoms with Crippen LogP contribution < -0.4 is 10.2 Å². The highest BCUT2D eigenvalue weighted by Gasteiger charge is 2.17. The topological polar surface area (TPSA) is 52.7 Å². The minimum Gasteiger partial charge on any atom is -0.363 e. The second kappa shape index (κ2) is 8.41. The van der Waals surface area contributed by atoms with Gasteiger partial charge in [-0.3, -0.25) is 9.59 Å². The molecule has 1 saturated heterocycles. The monoisotopic (exact) mass is 303 g/mol. The molecule has 1 aromatic carbocycles. The summed E-state index contributed by atoms with van der Waals surface area (Å²) in [6, 6.07) is 9.87. The van der Waals surface area contributed by atoms with Crippen molar-refractivity contribution in [2.24, 2.45) is 0 Å². The molecule has 0 saturated carbocycles. The molecular weight excluding hydrogens is 278 g/mol. The van der Waals surface area contributed by atoms with Crippen LogP contribution in [-0.4, -0.2) is 49.4 Å². The van der Waals surface area contributed by atoms with Crippen molar-refractivity contribution in [1.82, 2.24) is 10.2 Å². The predicted octanol–water partition coefficient (Wildman–Crippen LogP) is 1.64. The number of nitrogens with one attached hydrogen (secondary N) is 1. The molecule has 1 fully saturated rings. The number of hydrogen-bond acceptors (Lipinski definition) is 3. The van der Waals surface area contributed by atoms with Gasteiger partial charge in [0.2, 0.25) is 11.8 Å². The van der Waals surface area contributed by atoms with Crippen molar-refractivity contribution in [3.63, 3.8) is 0 Å². The highest BCUT2D eigenvalue weighted by atomic mass is 16.2. The van der Waals surface area contributed by atoms with E-state index < -0.39 is 0 Å². The molecule has 0 unspecified atom stereocenters. The molecule has 0 radical (unpaired) electrons. The highest BCUT2D eigenvalue weighted by molar-refractivity contribution is 5.82. The lowest BCUT2D eigenvalue weighted by Gasteiger charge is -2.22. The summed E-state index contributed by atoms with van der Waals surface area (Å²) < 4.78 is 0. The first kappa shape index (κ1) is 16.3. The predicted molar refractivity (Wildman–Crippen MR) is 87.8 cm³/mol. The number of likely N-dealkylation sites (N-methyl/N-ethyl adjacent to an activating group) is 1. The van der Waals surface area contributed by atoms with E-state index in [1.54, 1.807) is 0 Å². The number of carbonyl (C=O) groups is 2. The van der Waals surface area contributed by atoms with Gasteiger partial charge in [-0.2, -0.15) is 0 Å². The number of amides is 2. The molecule has 0 spiro atoms. The number of likely N-dealkylation sites (tertiary alicyclic amines) is 1. The van der Waals surface area contributed by atoms with Gasteiger partial charge in [-0.05, 0) is 31.9 Å². The summed E-state index contributed by atoms with van der Waals surface area (Å²) in [5, 5.41) is 2.84. The molecule has 0 aliphatic carbocycles. The first-order valence-electron chi connectivity index (χ1n) is 8.05. The van der Waals surface area contributed by atoms with Gasteiger partial charge in [0.1, 0.15) is 0 Å². The van der Waals surface area contributed by atoms with Crippen LogP contribution >= 0.6 is 0 Å². The zero-order chi connectivity index (χ0) is 15.8. The van der Waals surface area contributed by atoms with E-state index in [-0.39, 0.29) is 11.8 Å². The molecule has 0 atom stereocenters. The summed E-state index contributed by atoms with van der Waals surface area (Å²) in [5.41, 5.74) is 1.04. The van der Waals surface area contributed by atoms with Crippen LogP contribution in [0.4, 0.5) is 5.69 Å². The number of hydrogen-bond donors (Lipinski definition) is 1. The maximum absolute atomic E-state index is 12.0. The van der Waals surface area contributed by atoms with Crippen LogP contribution in [0.15, 0.2) is 30.3 Å². The largest absolute Gasteiger partial charge is 0.363 e. The van der Waals surface area contributed by atoms with Crippen LogP contribution in [0.1, 0.15) is 26.2 Å². The Kier molecular flexibility index (Phi) is 6.25. The van der Waals surface area contributed by atoms with Gasteiger partial charge in [0.25, 0.3) is 0 Å². The molecule has 120 valence electrons. The summed E-state index contributed by atoms with van der Waals surface area (Å²) in [5.74, 6) is 0.105. The maximum atomic E-state index is 12.0. The molecule has 5 nitrogen and oxygen atoms in total. The molecule has 0 aromatic heterocycles. The zero-order valence-corrected chi connectivity index (χ0v) is 13.3. The minimum atomic E-state index is -0.0417. The third kappa shape index (κ3) is 4.76. The fourth-order valence-corrected chi connectivity index (χ4v) is 2.69. The van der Waals surface area contributed by atoms with E-state index in [9.17, 15) is 9.59 Å². The van der Waals surface area contributed by atoms with Crippen molar-refractivity contribution < 1.29 is 9.59 Å². The first-order chi connectivity index (χ1) is 10.7. The summed E-state index contributed by atoms with van der Waals surface area (Å²) in [4.78, 5) is 27.8. The number of para-hydroxylation sites is 1. The lowest BCUT2D eigenvalue weighted by Crippen LogP contribution is -2.39. The summed E-state index contributed by atoms with van der Waals surface area (Å²) in [6.07, 6.45) is 2.59. The van der Waals surface area contributed by atoms with Crippen molar-refractivity contribution in [3.8, 4) is 0 Å². The number of rotatable bonds is 7. The SMILES string of the molecule is CCN(CC(=O)NCCC(=O)N1CCCC1)c1ccccc1. The molecule has 0 bridgehead atoms. The highest BCUT2D eigenvalue weighted by Crippen LogP contribution is 2.12. The Morgan fingerprint density at radius 3 is 2.50 bits per heavy atom. The van der Waals surface area contributed by atoms with E-state index >= 15 is 0 Å². The molecule has 1 aromatic rings. The molecule has 1 N–H and O–H groups in total. The normalized spacial score (nSPS) is 14.0. The van der Waals surface area contributed by atoms with Crippen molar-refractivity contribution >= 4 is 17.5 Å². The van der Waals surface area contributed by atoms with E-state index in [1.807, 2.05) is 47.1 Å². The molecule has 2 amide bonds. The zero-order valence-electron chi connectivity index (χ0n) is 13.3. The average Bonchev–Trinajstić information content (AvgIpc) is 3.08. The van der Waals surface area contributed by atoms with Gasteiger partial charge >= 0.3 is 0 Å². The Bertz CT molecular complexity index is 484. The van der Waals surface area contributed by atoms with Gasteiger partial charge < -0.3 is 15.1 Å². The number of nitrogens with zero attached hydrogens (tertiary/aromatic N) is 2. The van der Waals surface area contributed by atoms with E-state index in [1.165, 1.54) is 0 Å². The van der Waals surface area contributed by atoms with E-state index in [0.717, 1.165) is 38.2 Å². The number of anilines is 1. The second-order valence-electron chi connectivity index (χ2n) is 5.54. The Balaban J connectivity index is 1.71. The number of carbonyl (C=O) groups excluding carboxylic acids is 2. The van der Waals surface area contributed by atoms with Crippen LogP contribution in [-0.2, 0) is 9.59 Å². The Morgan fingerprint density at radius 2 is 1.86 bits per heavy atom. The molecule has 22 heavy (non-hydrogen) atoms. The van der Waals surface area contributed by atoms with Gasteiger partial charge in [-0.1, -0.05) is 18.2 Å². The average molecular weight is 303 g/mol. The van der Waals surface area contributed by atoms with Crippen molar-refractivity contribution in [1.29, 1.82) is 0 Å². The fourth-order valence-electron chi connectivity index (χ4n) is 2.69. The van der Waals surface area contributed by atoms with E-state index in [4.69, 9.17) is 0 Å². The quantitative estimate of drug-likeness (QED) is 0.833. The first-order valence-corrected chi connectivity index (χ1v) is 8.05. The van der Waals surface area contributed by atoms with Crippen LogP contribution in [0.3, 0.4) is 0 Å². The molecular formula is C17H25N3O2. The summed E-state index contributed by atoms with van der Waals surface area (Å²) in [6.45, 7) is 5.26. The molecule has 1 heterocycles. The lowest BCUT2D eigenvalue weighted by molar-refractivity contribution is -0.130. The van der Waals surface area contributed by atoms with Crippen LogP contribution in [0.2, 0.25) is 0 Å². The third-order valence-corrected chi connectivity index (χ3v) is 3.96. The van der Waals surface area contributed by atoms with Gasteiger partial charge in [0.05, 0.1) is 6.54 Å². The van der Waals surface area contributed by atoms with Crippen molar-refractivity contribution in [3.05, 3.63) is 30.3 Å². The third-order valence-electron chi connectivity index (χ3n) is 3.96. The molecule has 5 heteroatoms. The maximum Gasteiger partial charge on any atom is 0.239 e. The Hall–Kier alpha value is -2.04. The molecule has 1 aliphatic heterocycles. The fraction of sp³-hybridized carbons (Fsp3) is 0.529.